The number of fused-ring (bicyclic) bond motifs is 1. The molecule has 0 spiro atoms. The van der Waals surface area contributed by atoms with Crippen LogP contribution >= 0.6 is 0 Å². The summed E-state index contributed by atoms with van der Waals surface area (Å²) >= 11 is 0. The van der Waals surface area contributed by atoms with Gasteiger partial charge < -0.3 is 5.73 Å². The summed E-state index contributed by atoms with van der Waals surface area (Å²) in [6.45, 7) is 3.98. The highest BCUT2D eigenvalue weighted by atomic mass is 32.2. The van der Waals surface area contributed by atoms with Crippen molar-refractivity contribution < 1.29 is 8.42 Å². The number of likely N-dealkylation sites (tertiary alicyclic amines) is 1. The monoisotopic (exact) mass is 280 g/mol. The second kappa shape index (κ2) is 4.58. The van der Waals surface area contributed by atoms with Gasteiger partial charge in [-0.1, -0.05) is 25.1 Å². The van der Waals surface area contributed by atoms with Crippen molar-refractivity contribution in [3.8, 4) is 0 Å². The number of nitrogens with zero attached hydrogens (tertiary/aromatic N) is 1. The van der Waals surface area contributed by atoms with E-state index in [0.717, 1.165) is 18.7 Å². The summed E-state index contributed by atoms with van der Waals surface area (Å²) < 4.78 is 24.2. The molecule has 3 rings (SSSR count). The van der Waals surface area contributed by atoms with Gasteiger partial charge in [0, 0.05) is 25.2 Å². The maximum absolute atomic E-state index is 12.1. The number of sulfone groups is 1. The highest BCUT2D eigenvalue weighted by molar-refractivity contribution is 7.91. The van der Waals surface area contributed by atoms with E-state index in [9.17, 15) is 8.42 Å². The zero-order valence-corrected chi connectivity index (χ0v) is 11.9. The van der Waals surface area contributed by atoms with Gasteiger partial charge in [-0.2, -0.15) is 0 Å². The molecule has 2 N–H and O–H groups in total. The molecule has 0 radical (unpaired) electrons. The van der Waals surface area contributed by atoms with Crippen molar-refractivity contribution in [2.75, 3.05) is 18.8 Å². The highest BCUT2D eigenvalue weighted by Gasteiger charge is 2.37. The normalized spacial score (nSPS) is 34.1. The SMILES string of the molecule is CC1CN(C2CCS(=O)(=O)c3ccccc32)CC1N. The second-order valence-corrected chi connectivity index (χ2v) is 7.83. The fourth-order valence-electron chi connectivity index (χ4n) is 3.24. The Balaban J connectivity index is 1.98. The van der Waals surface area contributed by atoms with Crippen LogP contribution in [0, 0.1) is 5.92 Å². The third-order valence-corrected chi connectivity index (χ3v) is 6.23. The molecule has 1 aromatic rings. The Hall–Kier alpha value is -0.910. The van der Waals surface area contributed by atoms with Crippen molar-refractivity contribution in [2.24, 2.45) is 11.7 Å². The van der Waals surface area contributed by atoms with E-state index < -0.39 is 9.84 Å². The smallest absolute Gasteiger partial charge is 0.178 e. The van der Waals surface area contributed by atoms with Gasteiger partial charge in [0.15, 0.2) is 9.84 Å². The van der Waals surface area contributed by atoms with Crippen LogP contribution in [0.2, 0.25) is 0 Å². The molecule has 3 atom stereocenters. The minimum atomic E-state index is -3.09. The van der Waals surface area contributed by atoms with E-state index in [4.69, 9.17) is 5.73 Å². The molecular weight excluding hydrogens is 260 g/mol. The lowest BCUT2D eigenvalue weighted by Crippen LogP contribution is -2.34. The molecule has 4 nitrogen and oxygen atoms in total. The standard InChI is InChI=1S/C14H20N2O2S/c1-10-8-16(9-12(10)15)13-6-7-19(17,18)14-5-3-2-4-11(13)14/h2-5,10,12-13H,6-9,15H2,1H3. The third kappa shape index (κ3) is 2.20. The number of nitrogens with two attached hydrogens (primary N) is 1. The van der Waals surface area contributed by atoms with Crippen LogP contribution in [0.5, 0.6) is 0 Å². The summed E-state index contributed by atoms with van der Waals surface area (Å²) in [5, 5.41) is 0. The van der Waals surface area contributed by atoms with Crippen molar-refractivity contribution in [1.82, 2.24) is 4.90 Å². The van der Waals surface area contributed by atoms with Crippen LogP contribution in [0.25, 0.3) is 0 Å². The molecule has 0 saturated carbocycles. The Bertz CT molecular complexity index is 575. The van der Waals surface area contributed by atoms with Crippen molar-refractivity contribution in [2.45, 2.75) is 30.3 Å². The van der Waals surface area contributed by atoms with Crippen molar-refractivity contribution >= 4 is 9.84 Å². The van der Waals surface area contributed by atoms with Gasteiger partial charge >= 0.3 is 0 Å². The molecule has 2 aliphatic heterocycles. The fraction of sp³-hybridized carbons (Fsp3) is 0.571. The molecule has 5 heteroatoms. The second-order valence-electron chi connectivity index (χ2n) is 5.76. The Morgan fingerprint density at radius 3 is 2.68 bits per heavy atom. The van der Waals surface area contributed by atoms with E-state index in [-0.39, 0.29) is 17.8 Å². The largest absolute Gasteiger partial charge is 0.326 e. The minimum Gasteiger partial charge on any atom is -0.326 e. The summed E-state index contributed by atoms with van der Waals surface area (Å²) in [6, 6.07) is 7.81. The van der Waals surface area contributed by atoms with Crippen LogP contribution in [0.1, 0.15) is 24.9 Å². The van der Waals surface area contributed by atoms with Gasteiger partial charge in [-0.25, -0.2) is 8.42 Å². The van der Waals surface area contributed by atoms with E-state index in [0.29, 0.717) is 17.2 Å². The van der Waals surface area contributed by atoms with E-state index in [2.05, 4.69) is 11.8 Å². The van der Waals surface area contributed by atoms with Gasteiger partial charge in [-0.3, -0.25) is 4.90 Å². The van der Waals surface area contributed by atoms with Crippen molar-refractivity contribution in [3.05, 3.63) is 29.8 Å². The number of hydrogen-bond donors (Lipinski definition) is 1. The molecule has 0 aromatic heterocycles. The summed E-state index contributed by atoms with van der Waals surface area (Å²) in [5.74, 6) is 0.722. The molecule has 0 amide bonds. The maximum Gasteiger partial charge on any atom is 0.178 e. The molecule has 1 aromatic carbocycles. The molecule has 1 fully saturated rings. The first-order valence-electron chi connectivity index (χ1n) is 6.80. The zero-order valence-electron chi connectivity index (χ0n) is 11.1. The average molecular weight is 280 g/mol. The lowest BCUT2D eigenvalue weighted by molar-refractivity contribution is 0.226. The zero-order chi connectivity index (χ0) is 13.6. The molecule has 2 heterocycles. The van der Waals surface area contributed by atoms with Crippen LogP contribution in [0.3, 0.4) is 0 Å². The molecule has 104 valence electrons. The molecular formula is C14H20N2O2S. The predicted molar refractivity (Wildman–Crippen MR) is 74.6 cm³/mol. The molecule has 2 aliphatic rings. The highest BCUT2D eigenvalue weighted by Crippen LogP contribution is 2.37. The number of benzene rings is 1. The summed E-state index contributed by atoms with van der Waals surface area (Å²) in [5.41, 5.74) is 7.04. The maximum atomic E-state index is 12.1. The van der Waals surface area contributed by atoms with Crippen molar-refractivity contribution in [1.29, 1.82) is 0 Å². The van der Waals surface area contributed by atoms with Gasteiger partial charge in [-0.15, -0.1) is 0 Å². The lowest BCUT2D eigenvalue weighted by Gasteiger charge is -2.32. The van der Waals surface area contributed by atoms with Gasteiger partial charge in [-0.05, 0) is 24.0 Å². The average Bonchev–Trinajstić information content (AvgIpc) is 2.70. The van der Waals surface area contributed by atoms with Crippen molar-refractivity contribution in [3.63, 3.8) is 0 Å². The summed E-state index contributed by atoms with van der Waals surface area (Å²) in [6.07, 6.45) is 0.679. The summed E-state index contributed by atoms with van der Waals surface area (Å²) in [4.78, 5) is 2.86. The Morgan fingerprint density at radius 2 is 2.00 bits per heavy atom. The topological polar surface area (TPSA) is 63.4 Å². The number of hydrogen-bond acceptors (Lipinski definition) is 4. The van der Waals surface area contributed by atoms with Gasteiger partial charge in [0.25, 0.3) is 0 Å². The van der Waals surface area contributed by atoms with E-state index in [1.165, 1.54) is 0 Å². The summed E-state index contributed by atoms with van der Waals surface area (Å²) in [7, 11) is -3.09. The van der Waals surface area contributed by atoms with E-state index in [1.54, 1.807) is 12.1 Å². The van der Waals surface area contributed by atoms with E-state index >= 15 is 0 Å². The Morgan fingerprint density at radius 1 is 1.26 bits per heavy atom. The third-order valence-electron chi connectivity index (χ3n) is 4.41. The van der Waals surface area contributed by atoms with E-state index in [1.807, 2.05) is 12.1 Å². The predicted octanol–water partition coefficient (Wildman–Crippen LogP) is 1.18. The fourth-order valence-corrected chi connectivity index (χ4v) is 4.84. The van der Waals surface area contributed by atoms with Gasteiger partial charge in [0.05, 0.1) is 10.6 Å². The first kappa shape index (κ1) is 13.1. The molecule has 0 aliphatic carbocycles. The van der Waals surface area contributed by atoms with Crippen LogP contribution in [-0.4, -0.2) is 38.2 Å². The van der Waals surface area contributed by atoms with Crippen LogP contribution < -0.4 is 5.73 Å². The quantitative estimate of drug-likeness (QED) is 0.839. The van der Waals surface area contributed by atoms with Crippen LogP contribution in [-0.2, 0) is 9.84 Å². The molecule has 0 bridgehead atoms. The van der Waals surface area contributed by atoms with Gasteiger partial charge in [0.1, 0.15) is 0 Å². The molecule has 3 unspecified atom stereocenters. The lowest BCUT2D eigenvalue weighted by atomic mass is 10.0. The minimum absolute atomic E-state index is 0.200. The van der Waals surface area contributed by atoms with Crippen LogP contribution in [0.4, 0.5) is 0 Å². The van der Waals surface area contributed by atoms with Crippen LogP contribution in [0.15, 0.2) is 29.2 Å². The Kier molecular flexibility index (Phi) is 3.15. The molecule has 19 heavy (non-hydrogen) atoms. The first-order valence-corrected chi connectivity index (χ1v) is 8.45. The van der Waals surface area contributed by atoms with Gasteiger partial charge in [0.2, 0.25) is 0 Å². The Labute approximate surface area is 114 Å². The molecule has 1 saturated heterocycles. The number of rotatable bonds is 1. The first-order chi connectivity index (χ1) is 8.99.